The minimum atomic E-state index is -0.465. The number of aliphatic hydroxyl groups is 1. The first-order chi connectivity index (χ1) is 11.8. The number of aromatic nitrogens is 1. The molecule has 0 fully saturated rings. The summed E-state index contributed by atoms with van der Waals surface area (Å²) in [5.74, 6) is 0.812. The molecule has 3 rings (SSSR count). The molecule has 0 aliphatic rings. The number of hydrogen-bond donors (Lipinski definition) is 1. The van der Waals surface area contributed by atoms with Crippen LogP contribution < -0.4 is 0 Å². The van der Waals surface area contributed by atoms with Crippen molar-refractivity contribution in [3.63, 3.8) is 0 Å². The van der Waals surface area contributed by atoms with Crippen LogP contribution >= 0.6 is 11.3 Å². The maximum Gasteiger partial charge on any atom is 0.145 e. The van der Waals surface area contributed by atoms with E-state index < -0.39 is 6.10 Å². The molecule has 1 N–H and O–H groups in total. The maximum atomic E-state index is 10.3. The molecule has 0 spiro atoms. The Labute approximate surface area is 147 Å². The van der Waals surface area contributed by atoms with Crippen molar-refractivity contribution in [3.05, 3.63) is 65.5 Å². The van der Waals surface area contributed by atoms with Crippen molar-refractivity contribution in [2.24, 2.45) is 0 Å². The SMILES string of the molecule is OC(CCCCCCc1ccccc1)c1ncc(-c2ccco2)s1. The molecular formula is C20H23NO2S. The van der Waals surface area contributed by atoms with Gasteiger partial charge in [0.05, 0.1) is 11.1 Å². The molecule has 0 aliphatic carbocycles. The Morgan fingerprint density at radius 1 is 1.00 bits per heavy atom. The van der Waals surface area contributed by atoms with Gasteiger partial charge in [0, 0.05) is 6.20 Å². The zero-order chi connectivity index (χ0) is 16.6. The lowest BCUT2D eigenvalue weighted by atomic mass is 10.0. The highest BCUT2D eigenvalue weighted by atomic mass is 32.1. The van der Waals surface area contributed by atoms with E-state index in [-0.39, 0.29) is 0 Å². The molecule has 1 aromatic carbocycles. The molecule has 0 saturated carbocycles. The van der Waals surface area contributed by atoms with Crippen LogP contribution in [0, 0.1) is 0 Å². The standard InChI is InChI=1S/C20H23NO2S/c22-17(20-21-15-19(24-20)18-13-8-14-23-18)12-7-2-1-4-9-16-10-5-3-6-11-16/h3,5-6,8,10-11,13-15,17,22H,1-2,4,7,9,12H2. The quantitative estimate of drug-likeness (QED) is 0.513. The molecule has 24 heavy (non-hydrogen) atoms. The van der Waals surface area contributed by atoms with Crippen LogP contribution in [0.25, 0.3) is 10.6 Å². The van der Waals surface area contributed by atoms with E-state index >= 15 is 0 Å². The highest BCUT2D eigenvalue weighted by Gasteiger charge is 2.14. The molecule has 4 heteroatoms. The normalized spacial score (nSPS) is 12.4. The van der Waals surface area contributed by atoms with Crippen molar-refractivity contribution < 1.29 is 9.52 Å². The summed E-state index contributed by atoms with van der Waals surface area (Å²) >= 11 is 1.51. The fourth-order valence-corrected chi connectivity index (χ4v) is 3.67. The fraction of sp³-hybridized carbons (Fsp3) is 0.350. The van der Waals surface area contributed by atoms with E-state index in [2.05, 4.69) is 35.3 Å². The van der Waals surface area contributed by atoms with E-state index in [0.29, 0.717) is 0 Å². The molecule has 2 aromatic heterocycles. The van der Waals surface area contributed by atoms with E-state index in [1.165, 1.54) is 29.7 Å². The fourth-order valence-electron chi connectivity index (χ4n) is 2.76. The van der Waals surface area contributed by atoms with Crippen molar-refractivity contribution in [2.45, 2.75) is 44.6 Å². The smallest absolute Gasteiger partial charge is 0.145 e. The average Bonchev–Trinajstić information content (AvgIpc) is 3.29. The summed E-state index contributed by atoms with van der Waals surface area (Å²) in [6, 6.07) is 14.4. The molecule has 126 valence electrons. The van der Waals surface area contributed by atoms with Gasteiger partial charge in [-0.1, -0.05) is 49.6 Å². The van der Waals surface area contributed by atoms with Crippen molar-refractivity contribution in [2.75, 3.05) is 0 Å². The van der Waals surface area contributed by atoms with Crippen LogP contribution in [0.15, 0.2) is 59.3 Å². The summed E-state index contributed by atoms with van der Waals surface area (Å²) in [4.78, 5) is 5.30. The molecule has 0 amide bonds. The second kappa shape index (κ2) is 8.81. The minimum Gasteiger partial charge on any atom is -0.463 e. The van der Waals surface area contributed by atoms with E-state index in [0.717, 1.165) is 41.3 Å². The Balaban J connectivity index is 1.35. The zero-order valence-electron chi connectivity index (χ0n) is 13.7. The van der Waals surface area contributed by atoms with Crippen molar-refractivity contribution >= 4 is 11.3 Å². The van der Waals surface area contributed by atoms with Gasteiger partial charge >= 0.3 is 0 Å². The van der Waals surface area contributed by atoms with E-state index in [1.54, 1.807) is 12.5 Å². The van der Waals surface area contributed by atoms with Gasteiger partial charge in [0.15, 0.2) is 0 Å². The number of benzene rings is 1. The van der Waals surface area contributed by atoms with Crippen LogP contribution in [0.3, 0.4) is 0 Å². The Hall–Kier alpha value is -1.91. The third kappa shape index (κ3) is 4.79. The molecule has 0 saturated heterocycles. The number of hydrogen-bond acceptors (Lipinski definition) is 4. The van der Waals surface area contributed by atoms with Crippen LogP contribution in [0.1, 0.15) is 48.8 Å². The third-order valence-electron chi connectivity index (χ3n) is 4.11. The van der Waals surface area contributed by atoms with Gasteiger partial charge < -0.3 is 9.52 Å². The van der Waals surface area contributed by atoms with Gasteiger partial charge in [0.2, 0.25) is 0 Å². The monoisotopic (exact) mass is 341 g/mol. The van der Waals surface area contributed by atoms with Gasteiger partial charge in [-0.2, -0.15) is 0 Å². The second-order valence-corrected chi connectivity index (χ2v) is 7.06. The second-order valence-electron chi connectivity index (χ2n) is 5.99. The van der Waals surface area contributed by atoms with E-state index in [1.807, 2.05) is 12.1 Å². The number of rotatable bonds is 9. The van der Waals surface area contributed by atoms with Crippen LogP contribution in [-0.4, -0.2) is 10.1 Å². The van der Waals surface area contributed by atoms with Gasteiger partial charge in [-0.25, -0.2) is 4.98 Å². The van der Waals surface area contributed by atoms with Crippen molar-refractivity contribution in [3.8, 4) is 10.6 Å². The lowest BCUT2D eigenvalue weighted by molar-refractivity contribution is 0.163. The minimum absolute atomic E-state index is 0.465. The lowest BCUT2D eigenvalue weighted by Crippen LogP contribution is -1.96. The van der Waals surface area contributed by atoms with Crippen LogP contribution in [0.4, 0.5) is 0 Å². The summed E-state index contributed by atoms with van der Waals surface area (Å²) in [6.45, 7) is 0. The topological polar surface area (TPSA) is 46.3 Å². The van der Waals surface area contributed by atoms with Gasteiger partial charge in [0.1, 0.15) is 16.9 Å². The predicted octanol–water partition coefficient (Wildman–Crippen LogP) is 5.63. The summed E-state index contributed by atoms with van der Waals surface area (Å²) in [5.41, 5.74) is 1.41. The van der Waals surface area contributed by atoms with Crippen molar-refractivity contribution in [1.29, 1.82) is 0 Å². The summed E-state index contributed by atoms with van der Waals surface area (Å²) < 4.78 is 5.36. The molecule has 1 atom stereocenters. The largest absolute Gasteiger partial charge is 0.463 e. The zero-order valence-corrected chi connectivity index (χ0v) is 14.5. The number of nitrogens with zero attached hydrogens (tertiary/aromatic N) is 1. The van der Waals surface area contributed by atoms with Crippen molar-refractivity contribution in [1.82, 2.24) is 4.98 Å². The molecule has 3 nitrogen and oxygen atoms in total. The van der Waals surface area contributed by atoms with Crippen LogP contribution in [-0.2, 0) is 6.42 Å². The van der Waals surface area contributed by atoms with Gasteiger partial charge in [-0.3, -0.25) is 0 Å². The van der Waals surface area contributed by atoms with E-state index in [9.17, 15) is 5.11 Å². The first kappa shape index (κ1) is 16.9. The van der Waals surface area contributed by atoms with Gasteiger partial charge in [0.25, 0.3) is 0 Å². The number of aryl methyl sites for hydroxylation is 1. The molecule has 3 aromatic rings. The Morgan fingerprint density at radius 2 is 1.83 bits per heavy atom. The molecule has 0 radical (unpaired) electrons. The lowest BCUT2D eigenvalue weighted by Gasteiger charge is -2.07. The average molecular weight is 341 g/mol. The molecule has 2 heterocycles. The number of thiazole rings is 1. The predicted molar refractivity (Wildman–Crippen MR) is 98.0 cm³/mol. The molecular weight excluding hydrogens is 318 g/mol. The van der Waals surface area contributed by atoms with Crippen LogP contribution in [0.2, 0.25) is 0 Å². The Bertz CT molecular complexity index is 706. The van der Waals surface area contributed by atoms with Crippen LogP contribution in [0.5, 0.6) is 0 Å². The summed E-state index contributed by atoms with van der Waals surface area (Å²) in [5, 5.41) is 11.1. The number of aliphatic hydroxyl groups excluding tert-OH is 1. The Morgan fingerprint density at radius 3 is 2.62 bits per heavy atom. The van der Waals surface area contributed by atoms with E-state index in [4.69, 9.17) is 4.42 Å². The Kier molecular flexibility index (Phi) is 6.21. The molecule has 1 unspecified atom stereocenters. The number of unbranched alkanes of at least 4 members (excludes halogenated alkanes) is 3. The first-order valence-electron chi connectivity index (χ1n) is 8.54. The summed E-state index contributed by atoms with van der Waals surface area (Å²) in [6.07, 6.45) is 9.48. The summed E-state index contributed by atoms with van der Waals surface area (Å²) in [7, 11) is 0. The molecule has 0 aliphatic heterocycles. The highest BCUT2D eigenvalue weighted by molar-refractivity contribution is 7.15. The first-order valence-corrected chi connectivity index (χ1v) is 9.36. The third-order valence-corrected chi connectivity index (χ3v) is 5.22. The highest BCUT2D eigenvalue weighted by Crippen LogP contribution is 2.31. The maximum absolute atomic E-state index is 10.3. The number of furan rings is 1. The van der Waals surface area contributed by atoms with Gasteiger partial charge in [-0.15, -0.1) is 11.3 Å². The van der Waals surface area contributed by atoms with Gasteiger partial charge in [-0.05, 0) is 37.0 Å². The molecule has 0 bridgehead atoms.